The number of aromatic amines is 1. The van der Waals surface area contributed by atoms with Crippen molar-refractivity contribution in [1.82, 2.24) is 10.4 Å². The van der Waals surface area contributed by atoms with Crippen LogP contribution in [0.25, 0.3) is 10.2 Å². The average Bonchev–Trinajstić information content (AvgIpc) is 2.59. The van der Waals surface area contributed by atoms with Crippen LogP contribution in [0.15, 0.2) is 12.1 Å². The number of carbonyl (C=O) groups is 1. The van der Waals surface area contributed by atoms with E-state index in [1.807, 2.05) is 5.43 Å². The van der Waals surface area contributed by atoms with Crippen molar-refractivity contribution in [3.8, 4) is 0 Å². The number of nitrogens with one attached hydrogen (secondary N) is 2. The lowest BCUT2D eigenvalue weighted by Gasteiger charge is -1.92. The van der Waals surface area contributed by atoms with E-state index in [2.05, 4.69) is 4.98 Å². The normalized spacial score (nSPS) is 10.6. The third kappa shape index (κ3) is 1.41. The summed E-state index contributed by atoms with van der Waals surface area (Å²) in [6.45, 7) is 0. The molecule has 6 heteroatoms. The third-order valence-electron chi connectivity index (χ3n) is 1.65. The van der Waals surface area contributed by atoms with Gasteiger partial charge in [0.15, 0.2) is 0 Å². The second kappa shape index (κ2) is 3.02. The van der Waals surface area contributed by atoms with E-state index in [0.717, 1.165) is 10.2 Å². The molecule has 0 aliphatic carbocycles. The van der Waals surface area contributed by atoms with E-state index in [4.69, 9.17) is 17.4 Å². The Morgan fingerprint density at radius 1 is 1.62 bits per heavy atom. The Bertz CT molecular complexity index is 430. The Kier molecular flexibility index (Phi) is 1.99. The highest BCUT2D eigenvalue weighted by Gasteiger charge is 2.09. The first-order chi connectivity index (χ1) is 6.20. The smallest absolute Gasteiger partial charge is 0.281 e. The van der Waals surface area contributed by atoms with Gasteiger partial charge in [-0.15, -0.1) is 11.3 Å². The van der Waals surface area contributed by atoms with Gasteiger partial charge in [-0.2, -0.15) is 0 Å². The van der Waals surface area contributed by atoms with Crippen LogP contribution < -0.4 is 11.3 Å². The molecule has 68 valence electrons. The number of carbonyl (C=O) groups excluding carboxylic acids is 1. The number of nitrogens with two attached hydrogens (primary N) is 1. The molecular weight excluding hydrogens is 210 g/mol. The van der Waals surface area contributed by atoms with Gasteiger partial charge >= 0.3 is 0 Å². The van der Waals surface area contributed by atoms with Gasteiger partial charge < -0.3 is 4.98 Å². The lowest BCUT2D eigenvalue weighted by molar-refractivity contribution is 0.0949. The molecule has 2 aromatic heterocycles. The van der Waals surface area contributed by atoms with Crippen molar-refractivity contribution >= 4 is 39.1 Å². The minimum Gasteiger partial charge on any atom is -0.350 e. The predicted octanol–water partition coefficient (Wildman–Crippen LogP) is 1.49. The van der Waals surface area contributed by atoms with E-state index in [0.29, 0.717) is 10.0 Å². The fourth-order valence-corrected chi connectivity index (χ4v) is 2.23. The fraction of sp³-hybridized carbons (Fsp3) is 0. The highest BCUT2D eigenvalue weighted by molar-refractivity contribution is 7.22. The summed E-state index contributed by atoms with van der Waals surface area (Å²) in [6.07, 6.45) is 0. The van der Waals surface area contributed by atoms with Crippen LogP contribution in [-0.2, 0) is 0 Å². The number of hydrogen-bond donors (Lipinski definition) is 3. The van der Waals surface area contributed by atoms with Crippen molar-refractivity contribution in [2.24, 2.45) is 5.84 Å². The van der Waals surface area contributed by atoms with Crippen LogP contribution in [-0.4, -0.2) is 10.9 Å². The SMILES string of the molecule is NNC(=O)c1cc2sc(Cl)cc2[nH]1. The quantitative estimate of drug-likeness (QED) is 0.383. The predicted molar refractivity (Wildman–Crippen MR) is 52.8 cm³/mol. The lowest BCUT2D eigenvalue weighted by Crippen LogP contribution is -2.30. The number of amides is 1. The van der Waals surface area contributed by atoms with Crippen LogP contribution in [0.3, 0.4) is 0 Å². The first-order valence-corrected chi connectivity index (χ1v) is 4.69. The molecule has 0 aliphatic heterocycles. The molecule has 0 aromatic carbocycles. The molecule has 4 N–H and O–H groups in total. The molecule has 0 bridgehead atoms. The maximum absolute atomic E-state index is 11.1. The summed E-state index contributed by atoms with van der Waals surface area (Å²) in [5, 5.41) is 0. The van der Waals surface area contributed by atoms with E-state index in [1.165, 1.54) is 11.3 Å². The number of halogens is 1. The largest absolute Gasteiger partial charge is 0.350 e. The van der Waals surface area contributed by atoms with Crippen molar-refractivity contribution in [1.29, 1.82) is 0 Å². The molecule has 0 fully saturated rings. The van der Waals surface area contributed by atoms with Crippen LogP contribution in [0.4, 0.5) is 0 Å². The van der Waals surface area contributed by atoms with Crippen molar-refractivity contribution in [3.05, 3.63) is 22.2 Å². The summed E-state index contributed by atoms with van der Waals surface area (Å²) < 4.78 is 1.64. The minimum atomic E-state index is -0.334. The standard InChI is InChI=1S/C7H6ClN3OS/c8-6-2-3-5(13-6)1-4(10-3)7(12)11-9/h1-2,10H,9H2,(H,11,12). The van der Waals surface area contributed by atoms with Gasteiger partial charge in [0.1, 0.15) is 5.69 Å². The zero-order valence-corrected chi connectivity index (χ0v) is 8.00. The summed E-state index contributed by atoms with van der Waals surface area (Å²) in [5.41, 5.74) is 3.35. The number of rotatable bonds is 1. The second-order valence-electron chi connectivity index (χ2n) is 2.48. The molecule has 0 aliphatic rings. The monoisotopic (exact) mass is 215 g/mol. The summed E-state index contributed by atoms with van der Waals surface area (Å²) >= 11 is 7.18. The van der Waals surface area contributed by atoms with Gasteiger partial charge in [0.2, 0.25) is 0 Å². The fourth-order valence-electron chi connectivity index (χ4n) is 1.09. The van der Waals surface area contributed by atoms with E-state index in [-0.39, 0.29) is 5.91 Å². The molecule has 0 unspecified atom stereocenters. The van der Waals surface area contributed by atoms with Gasteiger partial charge in [0, 0.05) is 0 Å². The molecule has 13 heavy (non-hydrogen) atoms. The summed E-state index contributed by atoms with van der Waals surface area (Å²) in [7, 11) is 0. The Morgan fingerprint density at radius 3 is 3.00 bits per heavy atom. The van der Waals surface area contributed by atoms with Crippen molar-refractivity contribution in [2.45, 2.75) is 0 Å². The van der Waals surface area contributed by atoms with E-state index in [9.17, 15) is 4.79 Å². The molecule has 2 heterocycles. The van der Waals surface area contributed by atoms with E-state index < -0.39 is 0 Å². The third-order valence-corrected chi connectivity index (χ3v) is 2.86. The molecule has 4 nitrogen and oxygen atoms in total. The summed E-state index contributed by atoms with van der Waals surface area (Å²) in [4.78, 5) is 14.0. The molecule has 1 amide bonds. The van der Waals surface area contributed by atoms with E-state index >= 15 is 0 Å². The summed E-state index contributed by atoms with van der Waals surface area (Å²) in [6, 6.07) is 3.49. The van der Waals surface area contributed by atoms with Gasteiger partial charge in [-0.05, 0) is 12.1 Å². The summed E-state index contributed by atoms with van der Waals surface area (Å²) in [5.74, 6) is 4.65. The molecule has 2 rings (SSSR count). The van der Waals surface area contributed by atoms with Crippen molar-refractivity contribution < 1.29 is 4.79 Å². The van der Waals surface area contributed by atoms with Crippen molar-refractivity contribution in [3.63, 3.8) is 0 Å². The van der Waals surface area contributed by atoms with Crippen LogP contribution in [0.1, 0.15) is 10.5 Å². The highest BCUT2D eigenvalue weighted by atomic mass is 35.5. The molecule has 0 atom stereocenters. The van der Waals surface area contributed by atoms with E-state index in [1.54, 1.807) is 12.1 Å². The number of nitrogen functional groups attached to an aromatic ring is 1. The first kappa shape index (κ1) is 8.55. The van der Waals surface area contributed by atoms with Crippen LogP contribution in [0, 0.1) is 0 Å². The maximum Gasteiger partial charge on any atom is 0.281 e. The number of fused-ring (bicyclic) bond motifs is 1. The van der Waals surface area contributed by atoms with Gasteiger partial charge in [0.25, 0.3) is 5.91 Å². The molecule has 0 spiro atoms. The number of H-pyrrole nitrogens is 1. The zero-order valence-electron chi connectivity index (χ0n) is 6.43. The lowest BCUT2D eigenvalue weighted by atomic mass is 10.4. The van der Waals surface area contributed by atoms with Gasteiger partial charge in [-0.25, -0.2) is 5.84 Å². The molecule has 2 aromatic rings. The number of thiophene rings is 1. The maximum atomic E-state index is 11.1. The Balaban J connectivity index is 2.51. The zero-order chi connectivity index (χ0) is 9.42. The minimum absolute atomic E-state index is 0.334. The number of hydrazine groups is 1. The Morgan fingerprint density at radius 2 is 2.38 bits per heavy atom. The van der Waals surface area contributed by atoms with Crippen molar-refractivity contribution in [2.75, 3.05) is 0 Å². The van der Waals surface area contributed by atoms with Gasteiger partial charge in [-0.1, -0.05) is 11.6 Å². The molecule has 0 saturated carbocycles. The molecular formula is C7H6ClN3OS. The topological polar surface area (TPSA) is 70.9 Å². The van der Waals surface area contributed by atoms with Gasteiger partial charge in [0.05, 0.1) is 14.6 Å². The second-order valence-corrected chi connectivity index (χ2v) is 4.20. The van der Waals surface area contributed by atoms with Crippen LogP contribution in [0.5, 0.6) is 0 Å². The molecule has 0 radical (unpaired) electrons. The molecule has 0 saturated heterocycles. The average molecular weight is 216 g/mol. The van der Waals surface area contributed by atoms with Gasteiger partial charge in [-0.3, -0.25) is 10.2 Å². The number of aromatic nitrogens is 1. The Hall–Kier alpha value is -1.04. The Labute approximate surface area is 82.7 Å². The highest BCUT2D eigenvalue weighted by Crippen LogP contribution is 2.29. The van der Waals surface area contributed by atoms with Crippen LogP contribution >= 0.6 is 22.9 Å². The number of hydrogen-bond acceptors (Lipinski definition) is 3. The van der Waals surface area contributed by atoms with Crippen LogP contribution in [0.2, 0.25) is 4.34 Å². The first-order valence-electron chi connectivity index (χ1n) is 3.49.